The van der Waals surface area contributed by atoms with Crippen molar-refractivity contribution in [3.8, 4) is 0 Å². The second-order valence-electron chi connectivity index (χ2n) is 23.0. The van der Waals surface area contributed by atoms with E-state index in [-0.39, 0.29) is 81.9 Å². The molecule has 15 nitrogen and oxygen atoms in total. The Labute approximate surface area is 455 Å². The number of hydrogen-bond donors (Lipinski definition) is 0. The highest BCUT2D eigenvalue weighted by Gasteiger charge is 2.31. The van der Waals surface area contributed by atoms with Crippen molar-refractivity contribution in [2.24, 2.45) is 21.7 Å². The van der Waals surface area contributed by atoms with E-state index in [2.05, 4.69) is 48.5 Å². The van der Waals surface area contributed by atoms with Gasteiger partial charge in [0.2, 0.25) is 0 Å². The molecular weight excluding hydrogens is 965 g/mol. The molecule has 0 fully saturated rings. The lowest BCUT2D eigenvalue weighted by atomic mass is 9.87. The molecule has 1 amide bonds. The smallest absolute Gasteiger partial charge is 0.311 e. The molecule has 74 heavy (non-hydrogen) atoms. The summed E-state index contributed by atoms with van der Waals surface area (Å²) in [5.41, 5.74) is -0.901. The van der Waals surface area contributed by atoms with Crippen LogP contribution in [0.4, 0.5) is 4.79 Å². The van der Waals surface area contributed by atoms with Crippen LogP contribution in [0.15, 0.2) is 0 Å². The Morgan fingerprint density at radius 3 is 1.32 bits per heavy atom. The average Bonchev–Trinajstić information content (AvgIpc) is 3.32. The van der Waals surface area contributed by atoms with Gasteiger partial charge in [0.05, 0.1) is 17.4 Å². The maximum atomic E-state index is 13.2. The predicted octanol–water partition coefficient (Wildman–Crippen LogP) is 13.0. The predicted molar refractivity (Wildman–Crippen MR) is 300 cm³/mol. The van der Waals surface area contributed by atoms with Gasteiger partial charge in [-0.1, -0.05) is 151 Å². The van der Waals surface area contributed by atoms with Crippen molar-refractivity contribution < 1.29 is 62.0 Å². The molecule has 0 aliphatic heterocycles. The van der Waals surface area contributed by atoms with Crippen LogP contribution in [0.2, 0.25) is 0 Å². The number of hydrogen-bond acceptors (Lipinski definition) is 15. The summed E-state index contributed by atoms with van der Waals surface area (Å²) < 4.78 is 32.0. The summed E-state index contributed by atoms with van der Waals surface area (Å²) in [5.74, 6) is -1.28. The second-order valence-corrected chi connectivity index (χ2v) is 24.1. The summed E-state index contributed by atoms with van der Waals surface area (Å²) in [6.07, 6.45) is 18.1. The Hall–Kier alpha value is -3.24. The largest absolute Gasteiger partial charge is 0.464 e. The topological polar surface area (TPSA) is 181 Å². The first-order chi connectivity index (χ1) is 34.7. The molecule has 0 aliphatic carbocycles. The van der Waals surface area contributed by atoms with Crippen LogP contribution in [0.25, 0.3) is 0 Å². The van der Waals surface area contributed by atoms with Crippen LogP contribution in [0.3, 0.4) is 0 Å². The van der Waals surface area contributed by atoms with Crippen LogP contribution in [-0.4, -0.2) is 137 Å². The number of rotatable bonds is 41. The molecule has 0 saturated heterocycles. The minimum atomic E-state index is -0.980. The van der Waals surface area contributed by atoms with E-state index in [0.717, 1.165) is 64.2 Å². The summed E-state index contributed by atoms with van der Waals surface area (Å²) in [4.78, 5) is 89.2. The monoisotopic (exact) mass is 1070 g/mol. The number of thioether (sulfide) groups is 1. The van der Waals surface area contributed by atoms with E-state index in [4.69, 9.17) is 28.4 Å². The van der Waals surface area contributed by atoms with Crippen LogP contribution in [0.1, 0.15) is 225 Å². The summed E-state index contributed by atoms with van der Waals surface area (Å²) in [5, 5.41) is -0.170. The van der Waals surface area contributed by atoms with Crippen LogP contribution < -0.4 is 0 Å². The molecule has 0 radical (unpaired) electrons. The highest BCUT2D eigenvalue weighted by Crippen LogP contribution is 2.27. The maximum Gasteiger partial charge on any atom is 0.311 e. The molecule has 0 saturated carbocycles. The number of methoxy groups -OCH3 is 1. The molecule has 16 heteroatoms. The van der Waals surface area contributed by atoms with Gasteiger partial charge in [-0.25, -0.2) is 0 Å². The minimum Gasteiger partial charge on any atom is -0.464 e. The number of carbonyl (C=O) groups excluding carboxylic acids is 7. The van der Waals surface area contributed by atoms with Crippen molar-refractivity contribution in [2.45, 2.75) is 237 Å². The van der Waals surface area contributed by atoms with Gasteiger partial charge in [0, 0.05) is 44.2 Å². The fourth-order valence-corrected chi connectivity index (χ4v) is 7.98. The van der Waals surface area contributed by atoms with Crippen molar-refractivity contribution in [1.82, 2.24) is 9.80 Å². The van der Waals surface area contributed by atoms with Crippen LogP contribution in [-0.2, 0) is 57.2 Å². The van der Waals surface area contributed by atoms with Crippen molar-refractivity contribution in [2.75, 3.05) is 73.0 Å². The first-order valence-corrected chi connectivity index (χ1v) is 29.0. The zero-order valence-electron chi connectivity index (χ0n) is 49.9. The van der Waals surface area contributed by atoms with E-state index < -0.39 is 40.9 Å². The van der Waals surface area contributed by atoms with Gasteiger partial charge in [0.25, 0.3) is 11.7 Å². The molecule has 0 heterocycles. The lowest BCUT2D eigenvalue weighted by molar-refractivity contribution is -0.168. The number of ether oxygens (including phenoxy) is 6. The maximum absolute atomic E-state index is 13.2. The van der Waals surface area contributed by atoms with Gasteiger partial charge >= 0.3 is 23.9 Å². The minimum absolute atomic E-state index is 0.0142. The van der Waals surface area contributed by atoms with E-state index in [0.29, 0.717) is 30.4 Å². The molecule has 0 aromatic heterocycles. The fraction of sp³-hybridized carbons (Fsp3) is 0.879. The van der Waals surface area contributed by atoms with Crippen LogP contribution >= 0.6 is 11.8 Å². The van der Waals surface area contributed by atoms with Crippen molar-refractivity contribution in [3.63, 3.8) is 0 Å². The van der Waals surface area contributed by atoms with Gasteiger partial charge in [0.1, 0.15) is 26.1 Å². The van der Waals surface area contributed by atoms with Crippen molar-refractivity contribution in [3.05, 3.63) is 0 Å². The molecule has 0 aromatic rings. The normalized spacial score (nSPS) is 12.5. The summed E-state index contributed by atoms with van der Waals surface area (Å²) >= 11 is 1.18. The van der Waals surface area contributed by atoms with E-state index >= 15 is 0 Å². The van der Waals surface area contributed by atoms with E-state index in [1.807, 2.05) is 46.7 Å². The Balaban J connectivity index is -0.00000221. The third kappa shape index (κ3) is 45.0. The highest BCUT2D eigenvalue weighted by atomic mass is 32.2. The van der Waals surface area contributed by atoms with Gasteiger partial charge in [-0.05, 0) is 98.7 Å². The quantitative estimate of drug-likeness (QED) is 0.0244. The molecule has 0 aliphatic rings. The zero-order valence-corrected chi connectivity index (χ0v) is 50.7. The van der Waals surface area contributed by atoms with E-state index in [9.17, 15) is 33.6 Å². The van der Waals surface area contributed by atoms with Crippen molar-refractivity contribution >= 4 is 53.6 Å². The Morgan fingerprint density at radius 2 is 0.946 bits per heavy atom. The lowest BCUT2D eigenvalue weighted by Gasteiger charge is -2.25. The second kappa shape index (κ2) is 44.8. The highest BCUT2D eigenvalue weighted by molar-refractivity contribution is 8.13. The summed E-state index contributed by atoms with van der Waals surface area (Å²) in [6.45, 7) is 27.8. The van der Waals surface area contributed by atoms with Gasteiger partial charge in [0.15, 0.2) is 12.2 Å². The van der Waals surface area contributed by atoms with Gasteiger partial charge in [-0.2, -0.15) is 0 Å². The molecular formula is C58H110N2O13S. The number of amides is 1. The molecule has 0 spiro atoms. The molecule has 0 bridgehead atoms. The Morgan fingerprint density at radius 1 is 0.527 bits per heavy atom. The number of esters is 4. The van der Waals surface area contributed by atoms with E-state index in [1.54, 1.807) is 18.7 Å². The first kappa shape index (κ1) is 75.0. The fourth-order valence-electron chi connectivity index (χ4n) is 7.17. The molecule has 0 aromatic carbocycles. The molecule has 0 rings (SSSR count). The van der Waals surface area contributed by atoms with Crippen LogP contribution in [0, 0.1) is 21.7 Å². The summed E-state index contributed by atoms with van der Waals surface area (Å²) in [7, 11) is 5.39. The number of carbonyl (C=O) groups is 7. The van der Waals surface area contributed by atoms with Gasteiger partial charge in [-0.3, -0.25) is 28.8 Å². The molecule has 2 atom stereocenters. The molecule has 0 N–H and O–H groups in total. The van der Waals surface area contributed by atoms with E-state index in [1.165, 1.54) is 63.8 Å². The van der Waals surface area contributed by atoms with Crippen LogP contribution in [0.5, 0.6) is 0 Å². The lowest BCUT2D eigenvalue weighted by Crippen LogP contribution is -2.34. The third-order valence-electron chi connectivity index (χ3n) is 12.1. The Bertz CT molecular complexity index is 1480. The average molecular weight is 1080 g/mol. The van der Waals surface area contributed by atoms with Gasteiger partial charge in [-0.15, -0.1) is 0 Å². The van der Waals surface area contributed by atoms with Crippen molar-refractivity contribution in [1.29, 1.82) is 0 Å². The SMILES string of the molecule is CCCCCC(C)(C)C.CCCCCC(C)(C)C(=O)OCC(COC)OC(=O)CCCN(CCCC(=O)OC(COC=O)COC(=O)C(C)(C)CCCCC)C(=O)SCCCN(C)C.CCCCCC(C)(C)C=O. The van der Waals surface area contributed by atoms with Gasteiger partial charge < -0.3 is 43.0 Å². The third-order valence-corrected chi connectivity index (χ3v) is 13.1. The molecule has 2 unspecified atom stereocenters. The first-order valence-electron chi connectivity index (χ1n) is 28.0. The molecule has 436 valence electrons. The summed E-state index contributed by atoms with van der Waals surface area (Å²) in [6, 6.07) is 0. The zero-order chi connectivity index (χ0) is 57.1. The Kier molecular flexibility index (Phi) is 45.4. The number of nitrogens with zero attached hydrogens (tertiary/aromatic N) is 2. The number of aldehydes is 1. The number of unbranched alkanes of at least 4 members (excludes halogenated alkanes) is 8. The standard InChI is InChI=1S/C40H72N2O12S.C9H18O.C9H20/c1-10-12-14-21-39(3,4)36(46)51-29-32(27-49-9)53-34(44)19-16-24-42(38(48)55-26-18-23-41(7)8)25-17-20-35(45)54-33(28-50-31-43)30-52-37(47)40(5,6)22-15-13-11-2;1-4-5-6-7-9(2,3)8-10;1-5-6-7-8-9(2,3)4/h31-33H,10-30H2,1-9H3;8H,4-7H2,1-3H3;5-8H2,1-4H3.